The SMILES string of the molecule is COc1cccc(C(C)Nc2cc(Br)ccc2Br)c1. The van der Waals surface area contributed by atoms with Crippen LogP contribution in [0.15, 0.2) is 51.4 Å². The van der Waals surface area contributed by atoms with Gasteiger partial charge in [-0.3, -0.25) is 0 Å². The highest BCUT2D eigenvalue weighted by Crippen LogP contribution is 2.30. The highest BCUT2D eigenvalue weighted by atomic mass is 79.9. The average Bonchev–Trinajstić information content (AvgIpc) is 2.43. The van der Waals surface area contributed by atoms with Crippen LogP contribution < -0.4 is 10.1 Å². The first kappa shape index (κ1) is 14.4. The van der Waals surface area contributed by atoms with E-state index >= 15 is 0 Å². The molecule has 0 saturated heterocycles. The molecular weight excluding hydrogens is 370 g/mol. The van der Waals surface area contributed by atoms with Crippen LogP contribution in [-0.2, 0) is 0 Å². The van der Waals surface area contributed by atoms with Crippen LogP contribution in [0.3, 0.4) is 0 Å². The lowest BCUT2D eigenvalue weighted by Gasteiger charge is -2.17. The lowest BCUT2D eigenvalue weighted by atomic mass is 10.1. The first-order valence-corrected chi connectivity index (χ1v) is 7.54. The van der Waals surface area contributed by atoms with Crippen molar-refractivity contribution < 1.29 is 4.74 Å². The van der Waals surface area contributed by atoms with E-state index in [1.54, 1.807) is 7.11 Å². The van der Waals surface area contributed by atoms with Gasteiger partial charge in [-0.25, -0.2) is 0 Å². The molecule has 2 nitrogen and oxygen atoms in total. The summed E-state index contributed by atoms with van der Waals surface area (Å²) in [6, 6.07) is 14.4. The zero-order valence-corrected chi connectivity index (χ0v) is 14.0. The maximum atomic E-state index is 5.25. The van der Waals surface area contributed by atoms with Crippen LogP contribution in [0.2, 0.25) is 0 Å². The molecule has 0 saturated carbocycles. The summed E-state index contributed by atoms with van der Waals surface area (Å²) in [5.74, 6) is 0.874. The van der Waals surface area contributed by atoms with Gasteiger partial charge in [0.2, 0.25) is 0 Å². The number of hydrogen-bond donors (Lipinski definition) is 1. The predicted molar refractivity (Wildman–Crippen MR) is 86.9 cm³/mol. The van der Waals surface area contributed by atoms with Crippen molar-refractivity contribution >= 4 is 37.5 Å². The molecular formula is C15H15Br2NO. The molecule has 19 heavy (non-hydrogen) atoms. The van der Waals surface area contributed by atoms with Gasteiger partial charge in [-0.15, -0.1) is 0 Å². The number of methoxy groups -OCH3 is 1. The molecule has 100 valence electrons. The van der Waals surface area contributed by atoms with Gasteiger partial charge in [-0.05, 0) is 58.7 Å². The number of benzene rings is 2. The molecule has 1 N–H and O–H groups in total. The van der Waals surface area contributed by atoms with Gasteiger partial charge in [0.05, 0.1) is 12.8 Å². The van der Waals surface area contributed by atoms with Gasteiger partial charge in [0, 0.05) is 15.0 Å². The molecule has 0 radical (unpaired) electrons. The Balaban J connectivity index is 2.20. The molecule has 0 heterocycles. The molecule has 1 atom stereocenters. The van der Waals surface area contributed by atoms with Gasteiger partial charge < -0.3 is 10.1 Å². The van der Waals surface area contributed by atoms with Crippen molar-refractivity contribution in [2.75, 3.05) is 12.4 Å². The van der Waals surface area contributed by atoms with E-state index in [1.807, 2.05) is 30.3 Å². The third kappa shape index (κ3) is 3.74. The Bertz CT molecular complexity index is 572. The minimum Gasteiger partial charge on any atom is -0.497 e. The number of nitrogens with one attached hydrogen (secondary N) is 1. The van der Waals surface area contributed by atoms with E-state index in [2.05, 4.69) is 56.2 Å². The van der Waals surface area contributed by atoms with Crippen molar-refractivity contribution in [2.45, 2.75) is 13.0 Å². The Labute approximate surface area is 130 Å². The fourth-order valence-corrected chi connectivity index (χ4v) is 2.56. The predicted octanol–water partition coefficient (Wildman–Crippen LogP) is 5.39. The molecule has 1 unspecified atom stereocenters. The van der Waals surface area contributed by atoms with Crippen LogP contribution in [0.5, 0.6) is 5.75 Å². The van der Waals surface area contributed by atoms with E-state index in [4.69, 9.17) is 4.74 Å². The largest absolute Gasteiger partial charge is 0.497 e. The standard InChI is InChI=1S/C15H15Br2NO/c1-10(11-4-3-5-13(8-11)19-2)18-15-9-12(16)6-7-14(15)17/h3-10,18H,1-2H3. The van der Waals surface area contributed by atoms with E-state index in [1.165, 1.54) is 5.56 Å². The highest BCUT2D eigenvalue weighted by Gasteiger charge is 2.08. The molecule has 0 aliphatic carbocycles. The zero-order chi connectivity index (χ0) is 13.8. The quantitative estimate of drug-likeness (QED) is 0.762. The molecule has 0 aliphatic rings. The first-order valence-electron chi connectivity index (χ1n) is 5.95. The molecule has 2 rings (SSSR count). The Hall–Kier alpha value is -1.000. The summed E-state index contributed by atoms with van der Waals surface area (Å²) >= 11 is 7.04. The second kappa shape index (κ2) is 6.44. The van der Waals surface area contributed by atoms with Gasteiger partial charge in [0.15, 0.2) is 0 Å². The Morgan fingerprint density at radius 2 is 1.89 bits per heavy atom. The summed E-state index contributed by atoms with van der Waals surface area (Å²) in [5.41, 5.74) is 2.25. The Morgan fingerprint density at radius 1 is 1.11 bits per heavy atom. The van der Waals surface area contributed by atoms with Crippen LogP contribution in [-0.4, -0.2) is 7.11 Å². The van der Waals surface area contributed by atoms with Crippen molar-refractivity contribution in [1.29, 1.82) is 0 Å². The van der Waals surface area contributed by atoms with Gasteiger partial charge in [-0.1, -0.05) is 28.1 Å². The van der Waals surface area contributed by atoms with Crippen molar-refractivity contribution in [2.24, 2.45) is 0 Å². The molecule has 0 bridgehead atoms. The van der Waals surface area contributed by atoms with Crippen LogP contribution >= 0.6 is 31.9 Å². The minimum absolute atomic E-state index is 0.195. The summed E-state index contributed by atoms with van der Waals surface area (Å²) in [6.07, 6.45) is 0. The van der Waals surface area contributed by atoms with E-state index in [9.17, 15) is 0 Å². The summed E-state index contributed by atoms with van der Waals surface area (Å²) < 4.78 is 7.35. The first-order chi connectivity index (χ1) is 9.10. The van der Waals surface area contributed by atoms with E-state index < -0.39 is 0 Å². The number of hydrogen-bond acceptors (Lipinski definition) is 2. The second-order valence-electron chi connectivity index (χ2n) is 4.27. The smallest absolute Gasteiger partial charge is 0.119 e. The molecule has 0 spiro atoms. The van der Waals surface area contributed by atoms with Crippen LogP contribution in [0.4, 0.5) is 5.69 Å². The van der Waals surface area contributed by atoms with Gasteiger partial charge in [-0.2, -0.15) is 0 Å². The number of rotatable bonds is 4. The van der Waals surface area contributed by atoms with Crippen molar-refractivity contribution in [1.82, 2.24) is 0 Å². The van der Waals surface area contributed by atoms with Crippen LogP contribution in [0.25, 0.3) is 0 Å². The second-order valence-corrected chi connectivity index (χ2v) is 6.04. The van der Waals surface area contributed by atoms with Crippen LogP contribution in [0, 0.1) is 0 Å². The zero-order valence-electron chi connectivity index (χ0n) is 10.8. The van der Waals surface area contributed by atoms with Gasteiger partial charge in [0.1, 0.15) is 5.75 Å². The van der Waals surface area contributed by atoms with Crippen LogP contribution in [0.1, 0.15) is 18.5 Å². The Kier molecular flexibility index (Phi) is 4.88. The summed E-state index contributed by atoms with van der Waals surface area (Å²) in [4.78, 5) is 0. The molecule has 0 aromatic heterocycles. The summed E-state index contributed by atoms with van der Waals surface area (Å²) in [5, 5.41) is 3.49. The average molecular weight is 385 g/mol. The molecule has 2 aromatic rings. The number of halogens is 2. The maximum absolute atomic E-state index is 5.25. The molecule has 2 aromatic carbocycles. The number of ether oxygens (including phenoxy) is 1. The van der Waals surface area contributed by atoms with Gasteiger partial charge in [0.25, 0.3) is 0 Å². The fourth-order valence-electron chi connectivity index (χ4n) is 1.84. The molecule has 0 fully saturated rings. The fraction of sp³-hybridized carbons (Fsp3) is 0.200. The third-order valence-electron chi connectivity index (χ3n) is 2.89. The van der Waals surface area contributed by atoms with Crippen molar-refractivity contribution in [3.63, 3.8) is 0 Å². The summed E-state index contributed by atoms with van der Waals surface area (Å²) in [7, 11) is 1.68. The van der Waals surface area contributed by atoms with Gasteiger partial charge >= 0.3 is 0 Å². The third-order valence-corrected chi connectivity index (χ3v) is 4.08. The van der Waals surface area contributed by atoms with E-state index in [-0.39, 0.29) is 6.04 Å². The monoisotopic (exact) mass is 383 g/mol. The van der Waals surface area contributed by atoms with Crippen molar-refractivity contribution in [3.8, 4) is 5.75 Å². The van der Waals surface area contributed by atoms with E-state index in [0.717, 1.165) is 20.4 Å². The molecule has 0 aliphatic heterocycles. The van der Waals surface area contributed by atoms with Crippen molar-refractivity contribution in [3.05, 3.63) is 57.0 Å². The maximum Gasteiger partial charge on any atom is 0.119 e. The minimum atomic E-state index is 0.195. The molecule has 4 heteroatoms. The lowest BCUT2D eigenvalue weighted by Crippen LogP contribution is -2.07. The highest BCUT2D eigenvalue weighted by molar-refractivity contribution is 9.11. The topological polar surface area (TPSA) is 21.3 Å². The lowest BCUT2D eigenvalue weighted by molar-refractivity contribution is 0.414. The normalized spacial score (nSPS) is 12.0. The number of anilines is 1. The van der Waals surface area contributed by atoms with E-state index in [0.29, 0.717) is 0 Å². The molecule has 0 amide bonds. The Morgan fingerprint density at radius 3 is 2.63 bits per heavy atom. The summed E-state index contributed by atoms with van der Waals surface area (Å²) in [6.45, 7) is 2.13.